The van der Waals surface area contributed by atoms with Crippen LogP contribution in [0.25, 0.3) is 0 Å². The Morgan fingerprint density at radius 1 is 1.16 bits per heavy atom. The minimum Gasteiger partial charge on any atom is -0.478 e. The van der Waals surface area contributed by atoms with Gasteiger partial charge >= 0.3 is 5.97 Å². The van der Waals surface area contributed by atoms with Crippen LogP contribution in [-0.4, -0.2) is 58.2 Å². The predicted octanol–water partition coefficient (Wildman–Crippen LogP) is 0.849. The van der Waals surface area contributed by atoms with Crippen LogP contribution in [0.5, 0.6) is 0 Å². The second kappa shape index (κ2) is 5.13. The lowest BCUT2D eigenvalue weighted by Gasteiger charge is -2.21. The molecule has 0 radical (unpaired) electrons. The van der Waals surface area contributed by atoms with Crippen LogP contribution in [-0.2, 0) is 0 Å². The minimum absolute atomic E-state index is 0.137. The van der Waals surface area contributed by atoms with E-state index in [1.807, 2.05) is 0 Å². The van der Waals surface area contributed by atoms with Crippen molar-refractivity contribution in [1.29, 1.82) is 0 Å². The molecule has 3 rings (SSSR count). The first-order valence-corrected chi connectivity index (χ1v) is 6.78. The Labute approximate surface area is 112 Å². The second-order valence-corrected chi connectivity index (χ2v) is 5.18. The van der Waals surface area contributed by atoms with Crippen molar-refractivity contribution < 1.29 is 9.90 Å². The van der Waals surface area contributed by atoms with Gasteiger partial charge in [-0.25, -0.2) is 14.8 Å². The number of aromatic nitrogens is 2. The van der Waals surface area contributed by atoms with Crippen molar-refractivity contribution in [3.05, 3.63) is 18.0 Å². The summed E-state index contributed by atoms with van der Waals surface area (Å²) in [5.74, 6) is -0.343. The highest BCUT2D eigenvalue weighted by molar-refractivity contribution is 5.86. The summed E-state index contributed by atoms with van der Waals surface area (Å²) < 4.78 is 0. The molecule has 6 nitrogen and oxygen atoms in total. The first-order chi connectivity index (χ1) is 9.24. The molecule has 1 saturated carbocycles. The lowest BCUT2D eigenvalue weighted by atomic mass is 10.3. The maximum Gasteiger partial charge on any atom is 0.338 e. The van der Waals surface area contributed by atoms with E-state index in [2.05, 4.69) is 19.8 Å². The van der Waals surface area contributed by atoms with Gasteiger partial charge in [-0.2, -0.15) is 0 Å². The van der Waals surface area contributed by atoms with Gasteiger partial charge in [0.15, 0.2) is 0 Å². The number of hydrogen-bond acceptors (Lipinski definition) is 5. The van der Waals surface area contributed by atoms with Gasteiger partial charge in [0.25, 0.3) is 0 Å². The molecule has 102 valence electrons. The lowest BCUT2D eigenvalue weighted by Crippen LogP contribution is -2.32. The summed E-state index contributed by atoms with van der Waals surface area (Å²) in [5, 5.41) is 8.83. The van der Waals surface area contributed by atoms with Crippen LogP contribution in [0, 0.1) is 0 Å². The molecule has 2 fully saturated rings. The number of hydrogen-bond donors (Lipinski definition) is 1. The van der Waals surface area contributed by atoms with E-state index in [1.54, 1.807) is 0 Å². The normalized spacial score (nSPS) is 21.2. The molecule has 1 N–H and O–H groups in total. The minimum atomic E-state index is -0.984. The van der Waals surface area contributed by atoms with Gasteiger partial charge in [0.1, 0.15) is 0 Å². The van der Waals surface area contributed by atoms with Crippen LogP contribution >= 0.6 is 0 Å². The third-order valence-corrected chi connectivity index (χ3v) is 3.76. The van der Waals surface area contributed by atoms with Crippen LogP contribution < -0.4 is 4.90 Å². The van der Waals surface area contributed by atoms with E-state index in [9.17, 15) is 4.79 Å². The molecule has 1 aromatic heterocycles. The zero-order valence-corrected chi connectivity index (χ0v) is 10.8. The van der Waals surface area contributed by atoms with Gasteiger partial charge in [0.2, 0.25) is 5.95 Å². The third-order valence-electron chi connectivity index (χ3n) is 3.76. The Bertz CT molecular complexity index is 458. The molecule has 0 bridgehead atoms. The molecule has 1 aliphatic heterocycles. The number of aromatic carboxylic acids is 1. The quantitative estimate of drug-likeness (QED) is 0.871. The topological polar surface area (TPSA) is 69.6 Å². The van der Waals surface area contributed by atoms with Crippen LogP contribution in [0.2, 0.25) is 0 Å². The number of carbonyl (C=O) groups is 1. The van der Waals surface area contributed by atoms with E-state index in [0.29, 0.717) is 5.95 Å². The summed E-state index contributed by atoms with van der Waals surface area (Å²) in [6, 6.07) is 0.801. The molecule has 0 unspecified atom stereocenters. The number of anilines is 1. The molecule has 0 spiro atoms. The van der Waals surface area contributed by atoms with Crippen molar-refractivity contribution in [3.8, 4) is 0 Å². The number of rotatable bonds is 3. The fourth-order valence-electron chi connectivity index (χ4n) is 2.54. The molecule has 2 aliphatic rings. The Hall–Kier alpha value is -1.69. The third kappa shape index (κ3) is 2.84. The Morgan fingerprint density at radius 3 is 2.53 bits per heavy atom. The summed E-state index contributed by atoms with van der Waals surface area (Å²) in [6.07, 6.45) is 6.55. The summed E-state index contributed by atoms with van der Waals surface area (Å²) in [7, 11) is 0. The Balaban J connectivity index is 1.66. The average molecular weight is 262 g/mol. The summed E-state index contributed by atoms with van der Waals surface area (Å²) >= 11 is 0. The smallest absolute Gasteiger partial charge is 0.338 e. The number of carboxylic acid groups (broad SMARTS) is 1. The zero-order valence-electron chi connectivity index (χ0n) is 10.8. The molecule has 0 amide bonds. The van der Waals surface area contributed by atoms with Crippen LogP contribution in [0.4, 0.5) is 5.95 Å². The predicted molar refractivity (Wildman–Crippen MR) is 70.4 cm³/mol. The van der Waals surface area contributed by atoms with Crippen LogP contribution in [0.15, 0.2) is 12.4 Å². The van der Waals surface area contributed by atoms with Gasteiger partial charge < -0.3 is 10.0 Å². The molecule has 0 atom stereocenters. The maximum atomic E-state index is 10.8. The number of carboxylic acids is 1. The van der Waals surface area contributed by atoms with Gasteiger partial charge in [-0.3, -0.25) is 4.90 Å². The largest absolute Gasteiger partial charge is 0.478 e. The first kappa shape index (κ1) is 12.3. The van der Waals surface area contributed by atoms with Gasteiger partial charge in [-0.1, -0.05) is 0 Å². The van der Waals surface area contributed by atoms with Crippen LogP contribution in [0.3, 0.4) is 0 Å². The van der Waals surface area contributed by atoms with Crippen LogP contribution in [0.1, 0.15) is 29.6 Å². The van der Waals surface area contributed by atoms with Crippen molar-refractivity contribution >= 4 is 11.9 Å². The number of nitrogens with zero attached hydrogens (tertiary/aromatic N) is 4. The standard InChI is InChI=1S/C13H18N4O2/c18-12(19)10-8-14-13(15-9-10)17-5-1-4-16(6-7-17)11-2-3-11/h8-9,11H,1-7H2,(H,18,19). The summed E-state index contributed by atoms with van der Waals surface area (Å²) in [4.78, 5) is 23.8. The van der Waals surface area contributed by atoms with E-state index < -0.39 is 5.97 Å². The molecule has 1 aromatic rings. The molecule has 6 heteroatoms. The van der Waals surface area contributed by atoms with E-state index in [4.69, 9.17) is 5.11 Å². The molecule has 1 saturated heterocycles. The molecule has 19 heavy (non-hydrogen) atoms. The SMILES string of the molecule is O=C(O)c1cnc(N2CCCN(C3CC3)CC2)nc1. The van der Waals surface area contributed by atoms with E-state index in [0.717, 1.165) is 38.6 Å². The second-order valence-electron chi connectivity index (χ2n) is 5.18. The van der Waals surface area contributed by atoms with Gasteiger partial charge in [0.05, 0.1) is 5.56 Å². The molecular formula is C13H18N4O2. The van der Waals surface area contributed by atoms with Crippen molar-refractivity contribution in [2.24, 2.45) is 0 Å². The summed E-state index contributed by atoms with van der Waals surface area (Å²) in [5.41, 5.74) is 0.137. The van der Waals surface area contributed by atoms with Gasteiger partial charge in [-0.05, 0) is 19.3 Å². The fraction of sp³-hybridized carbons (Fsp3) is 0.615. The maximum absolute atomic E-state index is 10.8. The lowest BCUT2D eigenvalue weighted by molar-refractivity contribution is 0.0696. The highest BCUT2D eigenvalue weighted by atomic mass is 16.4. The van der Waals surface area contributed by atoms with Crippen molar-refractivity contribution in [2.45, 2.75) is 25.3 Å². The first-order valence-electron chi connectivity index (χ1n) is 6.78. The molecule has 0 aromatic carbocycles. The highest BCUT2D eigenvalue weighted by Crippen LogP contribution is 2.27. The van der Waals surface area contributed by atoms with Crippen molar-refractivity contribution in [1.82, 2.24) is 14.9 Å². The summed E-state index contributed by atoms with van der Waals surface area (Å²) in [6.45, 7) is 4.06. The van der Waals surface area contributed by atoms with Crippen molar-refractivity contribution in [2.75, 3.05) is 31.1 Å². The van der Waals surface area contributed by atoms with Gasteiger partial charge in [0, 0.05) is 44.6 Å². The van der Waals surface area contributed by atoms with E-state index in [-0.39, 0.29) is 5.56 Å². The monoisotopic (exact) mass is 262 g/mol. The molecule has 2 heterocycles. The van der Waals surface area contributed by atoms with Gasteiger partial charge in [-0.15, -0.1) is 0 Å². The van der Waals surface area contributed by atoms with Crippen molar-refractivity contribution in [3.63, 3.8) is 0 Å². The highest BCUT2D eigenvalue weighted by Gasteiger charge is 2.30. The van der Waals surface area contributed by atoms with E-state index in [1.165, 1.54) is 25.2 Å². The molecule has 1 aliphatic carbocycles. The zero-order chi connectivity index (χ0) is 13.2. The molecular weight excluding hydrogens is 244 g/mol. The fourth-order valence-corrected chi connectivity index (χ4v) is 2.54. The van der Waals surface area contributed by atoms with E-state index >= 15 is 0 Å². The average Bonchev–Trinajstić information content (AvgIpc) is 3.25. The Kier molecular flexibility index (Phi) is 3.33. The Morgan fingerprint density at radius 2 is 1.89 bits per heavy atom.